The summed E-state index contributed by atoms with van der Waals surface area (Å²) in [7, 11) is 0. The van der Waals surface area contributed by atoms with Crippen LogP contribution in [0, 0.1) is 11.8 Å². The van der Waals surface area contributed by atoms with Crippen molar-refractivity contribution in [2.24, 2.45) is 11.8 Å². The van der Waals surface area contributed by atoms with Crippen LogP contribution in [0.4, 0.5) is 0 Å². The predicted molar refractivity (Wildman–Crippen MR) is 31.9 cm³/mol. The summed E-state index contributed by atoms with van der Waals surface area (Å²) in [6.07, 6.45) is -0.147. The molecule has 0 bridgehead atoms. The summed E-state index contributed by atoms with van der Waals surface area (Å²) >= 11 is 0. The molecule has 0 unspecified atom stereocenters. The number of carboxylic acids is 2. The Morgan fingerprint density at radius 2 is 1.82 bits per heavy atom. The van der Waals surface area contributed by atoms with E-state index in [1.165, 1.54) is 0 Å². The van der Waals surface area contributed by atoms with Gasteiger partial charge in [0, 0.05) is 6.42 Å². The Morgan fingerprint density at radius 1 is 1.27 bits per heavy atom. The fourth-order valence-corrected chi connectivity index (χ4v) is 1.07. The number of Topliss-reactive ketones (excluding diaryl/α,β-unsaturated/α-hetero) is 1. The first-order valence-electron chi connectivity index (χ1n) is 3.02. The van der Waals surface area contributed by atoms with E-state index in [1.807, 2.05) is 0 Å². The lowest BCUT2D eigenvalue weighted by Gasteiger charge is -2.27. The van der Waals surface area contributed by atoms with E-state index < -0.39 is 29.6 Å². The molecule has 1 fully saturated rings. The molecule has 2 atom stereocenters. The Kier molecular flexibility index (Phi) is 1.64. The molecule has 0 saturated heterocycles. The van der Waals surface area contributed by atoms with Gasteiger partial charge in [0.15, 0.2) is 0 Å². The standard InChI is InChI=1S/C6H6O5/c7-3-1-2(5(8)9)4(3)6(10)11/h2,4H,1H2,(H,8,9)(H,10,11)/t2-,4-/m0/s1. The topological polar surface area (TPSA) is 91.7 Å². The van der Waals surface area contributed by atoms with Crippen LogP contribution in [-0.4, -0.2) is 27.9 Å². The van der Waals surface area contributed by atoms with Crippen molar-refractivity contribution in [1.29, 1.82) is 0 Å². The Balaban J connectivity index is 2.69. The average molecular weight is 158 g/mol. The fraction of sp³-hybridized carbons (Fsp3) is 0.500. The maximum absolute atomic E-state index is 10.5. The summed E-state index contributed by atoms with van der Waals surface area (Å²) in [6, 6.07) is 0. The first-order valence-corrected chi connectivity index (χ1v) is 3.02. The van der Waals surface area contributed by atoms with Crippen molar-refractivity contribution in [1.82, 2.24) is 0 Å². The second-order valence-corrected chi connectivity index (χ2v) is 2.43. The molecule has 2 N–H and O–H groups in total. The summed E-state index contributed by atoms with van der Waals surface area (Å²) in [5.41, 5.74) is 0. The molecule has 0 aromatic carbocycles. The molecule has 0 amide bonds. The monoisotopic (exact) mass is 158 g/mol. The Morgan fingerprint density at radius 3 is 2.00 bits per heavy atom. The zero-order chi connectivity index (χ0) is 8.59. The van der Waals surface area contributed by atoms with Crippen LogP contribution in [0.2, 0.25) is 0 Å². The quantitative estimate of drug-likeness (QED) is 0.521. The summed E-state index contributed by atoms with van der Waals surface area (Å²) in [5.74, 6) is -5.37. The van der Waals surface area contributed by atoms with Crippen LogP contribution in [0.1, 0.15) is 6.42 Å². The minimum Gasteiger partial charge on any atom is -0.481 e. The number of hydrogen-bond acceptors (Lipinski definition) is 3. The molecule has 1 aliphatic rings. The van der Waals surface area contributed by atoms with Gasteiger partial charge in [0.25, 0.3) is 0 Å². The van der Waals surface area contributed by atoms with Gasteiger partial charge >= 0.3 is 11.9 Å². The van der Waals surface area contributed by atoms with E-state index in [4.69, 9.17) is 10.2 Å². The SMILES string of the molecule is O=C(O)[C@@H]1C(=O)C[C@@H]1C(=O)O. The second kappa shape index (κ2) is 2.34. The Bertz CT molecular complexity index is 223. The minimum atomic E-state index is -1.34. The second-order valence-electron chi connectivity index (χ2n) is 2.43. The van der Waals surface area contributed by atoms with E-state index >= 15 is 0 Å². The third kappa shape index (κ3) is 1.09. The summed E-state index contributed by atoms with van der Waals surface area (Å²) in [5, 5.41) is 16.7. The maximum Gasteiger partial charge on any atom is 0.314 e. The normalized spacial score (nSPS) is 29.3. The smallest absolute Gasteiger partial charge is 0.314 e. The van der Waals surface area contributed by atoms with Crippen molar-refractivity contribution in [2.75, 3.05) is 0 Å². The largest absolute Gasteiger partial charge is 0.481 e. The third-order valence-electron chi connectivity index (χ3n) is 1.75. The van der Waals surface area contributed by atoms with E-state index in [1.54, 1.807) is 0 Å². The molecule has 1 rings (SSSR count). The molecular weight excluding hydrogens is 152 g/mol. The lowest BCUT2D eigenvalue weighted by Crippen LogP contribution is -2.46. The molecule has 0 aliphatic heterocycles. The van der Waals surface area contributed by atoms with E-state index in [0.29, 0.717) is 0 Å². The highest BCUT2D eigenvalue weighted by molar-refractivity contribution is 6.08. The van der Waals surface area contributed by atoms with Gasteiger partial charge in [0.1, 0.15) is 11.7 Å². The van der Waals surface area contributed by atoms with Crippen LogP contribution in [0.3, 0.4) is 0 Å². The highest BCUT2D eigenvalue weighted by atomic mass is 16.4. The summed E-state index contributed by atoms with van der Waals surface area (Å²) < 4.78 is 0. The third-order valence-corrected chi connectivity index (χ3v) is 1.75. The van der Waals surface area contributed by atoms with Crippen LogP contribution < -0.4 is 0 Å². The lowest BCUT2D eigenvalue weighted by atomic mass is 9.72. The number of carbonyl (C=O) groups excluding carboxylic acids is 1. The van der Waals surface area contributed by atoms with Gasteiger partial charge < -0.3 is 10.2 Å². The van der Waals surface area contributed by atoms with E-state index in [9.17, 15) is 14.4 Å². The maximum atomic E-state index is 10.5. The number of ketones is 1. The molecule has 60 valence electrons. The molecule has 0 radical (unpaired) electrons. The van der Waals surface area contributed by atoms with Crippen LogP contribution in [0.25, 0.3) is 0 Å². The van der Waals surface area contributed by atoms with Crippen LogP contribution in [0.5, 0.6) is 0 Å². The fourth-order valence-electron chi connectivity index (χ4n) is 1.07. The number of aliphatic carboxylic acids is 2. The Hall–Kier alpha value is -1.39. The van der Waals surface area contributed by atoms with Gasteiger partial charge in [-0.1, -0.05) is 0 Å². The summed E-state index contributed by atoms with van der Waals surface area (Å²) in [4.78, 5) is 31.0. The predicted octanol–water partition coefficient (Wildman–Crippen LogP) is -0.639. The van der Waals surface area contributed by atoms with Crippen LogP contribution in [-0.2, 0) is 14.4 Å². The average Bonchev–Trinajstić information content (AvgIpc) is 1.80. The number of hydrogen-bond donors (Lipinski definition) is 2. The highest BCUT2D eigenvalue weighted by Gasteiger charge is 2.49. The van der Waals surface area contributed by atoms with Gasteiger partial charge in [-0.3, -0.25) is 14.4 Å². The zero-order valence-electron chi connectivity index (χ0n) is 5.48. The van der Waals surface area contributed by atoms with E-state index in [0.717, 1.165) is 0 Å². The highest BCUT2D eigenvalue weighted by Crippen LogP contribution is 2.30. The van der Waals surface area contributed by atoms with Crippen molar-refractivity contribution < 1.29 is 24.6 Å². The van der Waals surface area contributed by atoms with Crippen molar-refractivity contribution >= 4 is 17.7 Å². The first kappa shape index (κ1) is 7.71. The number of rotatable bonds is 2. The molecule has 5 nitrogen and oxygen atoms in total. The van der Waals surface area contributed by atoms with Gasteiger partial charge in [-0.2, -0.15) is 0 Å². The molecule has 11 heavy (non-hydrogen) atoms. The van der Waals surface area contributed by atoms with Gasteiger partial charge in [-0.15, -0.1) is 0 Å². The van der Waals surface area contributed by atoms with Crippen molar-refractivity contribution in [2.45, 2.75) is 6.42 Å². The zero-order valence-corrected chi connectivity index (χ0v) is 5.48. The van der Waals surface area contributed by atoms with E-state index in [2.05, 4.69) is 0 Å². The molecule has 0 spiro atoms. The molecule has 0 aromatic rings. The van der Waals surface area contributed by atoms with Gasteiger partial charge in [-0.05, 0) is 0 Å². The summed E-state index contributed by atoms with van der Waals surface area (Å²) in [6.45, 7) is 0. The van der Waals surface area contributed by atoms with E-state index in [-0.39, 0.29) is 6.42 Å². The molecule has 5 heteroatoms. The van der Waals surface area contributed by atoms with Gasteiger partial charge in [0.2, 0.25) is 0 Å². The van der Waals surface area contributed by atoms with Crippen molar-refractivity contribution in [3.8, 4) is 0 Å². The van der Waals surface area contributed by atoms with Crippen LogP contribution in [0.15, 0.2) is 0 Å². The molecule has 0 heterocycles. The van der Waals surface area contributed by atoms with Gasteiger partial charge in [-0.25, -0.2) is 0 Å². The molecular formula is C6H6O5. The molecule has 1 aliphatic carbocycles. The van der Waals surface area contributed by atoms with Gasteiger partial charge in [0.05, 0.1) is 5.92 Å². The lowest BCUT2D eigenvalue weighted by molar-refractivity contribution is -0.166. The first-order chi connectivity index (χ1) is 5.04. The van der Waals surface area contributed by atoms with Crippen molar-refractivity contribution in [3.05, 3.63) is 0 Å². The van der Waals surface area contributed by atoms with Crippen LogP contribution >= 0.6 is 0 Å². The molecule has 1 saturated carbocycles. The molecule has 0 aromatic heterocycles. The van der Waals surface area contributed by atoms with Crippen molar-refractivity contribution in [3.63, 3.8) is 0 Å². The Labute approximate surface area is 61.6 Å². The number of carboxylic acid groups (broad SMARTS) is 2. The minimum absolute atomic E-state index is 0.147. The number of carbonyl (C=O) groups is 3.